The number of rotatable bonds is 7. The predicted molar refractivity (Wildman–Crippen MR) is 85.5 cm³/mol. The summed E-state index contributed by atoms with van der Waals surface area (Å²) < 4.78 is 0. The Bertz CT molecular complexity index is 578. The van der Waals surface area contributed by atoms with E-state index in [0.29, 0.717) is 19.3 Å². The topological polar surface area (TPSA) is 46.2 Å². The number of amides is 1. The van der Waals surface area contributed by atoms with E-state index in [4.69, 9.17) is 0 Å². The molecule has 1 heterocycles. The summed E-state index contributed by atoms with van der Waals surface area (Å²) in [4.78, 5) is 24.5. The summed E-state index contributed by atoms with van der Waals surface area (Å²) in [7, 11) is 0. The van der Waals surface area contributed by atoms with Crippen molar-refractivity contribution in [1.29, 1.82) is 0 Å². The molecular weight excluding hydrogens is 282 g/mol. The van der Waals surface area contributed by atoms with Gasteiger partial charge < -0.3 is 5.32 Å². The molecule has 1 N–H and O–H groups in total. The molecule has 1 unspecified atom stereocenters. The van der Waals surface area contributed by atoms with Crippen LogP contribution in [0.3, 0.4) is 0 Å². The van der Waals surface area contributed by atoms with Crippen molar-refractivity contribution in [2.45, 2.75) is 32.2 Å². The van der Waals surface area contributed by atoms with Crippen LogP contribution in [0.5, 0.6) is 0 Å². The Balaban J connectivity index is 1.71. The lowest BCUT2D eigenvalue weighted by Gasteiger charge is -2.14. The van der Waals surface area contributed by atoms with Crippen LogP contribution in [0.15, 0.2) is 47.8 Å². The van der Waals surface area contributed by atoms with Crippen molar-refractivity contribution in [3.8, 4) is 0 Å². The molecule has 0 aliphatic carbocycles. The fourth-order valence-corrected chi connectivity index (χ4v) is 2.80. The van der Waals surface area contributed by atoms with Crippen molar-refractivity contribution in [2.75, 3.05) is 0 Å². The van der Waals surface area contributed by atoms with Gasteiger partial charge in [-0.1, -0.05) is 36.4 Å². The van der Waals surface area contributed by atoms with Crippen molar-refractivity contribution in [3.05, 3.63) is 58.3 Å². The highest BCUT2D eigenvalue weighted by Crippen LogP contribution is 2.14. The normalized spacial score (nSPS) is 11.9. The first-order chi connectivity index (χ1) is 10.2. The molecule has 2 aromatic rings. The third-order valence-corrected chi connectivity index (χ3v) is 4.19. The second-order valence-corrected chi connectivity index (χ2v) is 5.90. The van der Waals surface area contributed by atoms with Crippen molar-refractivity contribution in [2.24, 2.45) is 0 Å². The lowest BCUT2D eigenvalue weighted by molar-refractivity contribution is -0.121. The van der Waals surface area contributed by atoms with Crippen LogP contribution in [-0.2, 0) is 4.79 Å². The van der Waals surface area contributed by atoms with Crippen molar-refractivity contribution < 1.29 is 9.59 Å². The number of carbonyl (C=O) groups is 2. The quantitative estimate of drug-likeness (QED) is 0.786. The van der Waals surface area contributed by atoms with E-state index in [0.717, 1.165) is 10.4 Å². The van der Waals surface area contributed by atoms with Crippen LogP contribution in [0.2, 0.25) is 0 Å². The zero-order chi connectivity index (χ0) is 15.1. The second-order valence-electron chi connectivity index (χ2n) is 4.95. The molecule has 110 valence electrons. The SMILES string of the molecule is CC(NC(=O)CCCC(=O)c1cccs1)c1ccccc1. The minimum absolute atomic E-state index is 0.00769. The van der Waals surface area contributed by atoms with E-state index in [1.54, 1.807) is 0 Å². The number of benzene rings is 1. The molecular formula is C17H19NO2S. The molecule has 0 aliphatic heterocycles. The number of carbonyl (C=O) groups excluding carboxylic acids is 2. The molecule has 1 aromatic carbocycles. The number of ketones is 1. The van der Waals surface area contributed by atoms with Gasteiger partial charge in [0.1, 0.15) is 0 Å². The Kier molecular flexibility index (Phi) is 5.69. The van der Waals surface area contributed by atoms with Crippen molar-refractivity contribution in [1.82, 2.24) is 5.32 Å². The van der Waals surface area contributed by atoms with Gasteiger partial charge in [0.05, 0.1) is 10.9 Å². The maximum absolute atomic E-state index is 11.9. The van der Waals surface area contributed by atoms with Crippen LogP contribution in [0.1, 0.15) is 47.5 Å². The van der Waals surface area contributed by atoms with Gasteiger partial charge in [0.25, 0.3) is 0 Å². The summed E-state index contributed by atoms with van der Waals surface area (Å²) in [6.45, 7) is 1.96. The fraction of sp³-hybridized carbons (Fsp3) is 0.294. The fourth-order valence-electron chi connectivity index (χ4n) is 2.11. The van der Waals surface area contributed by atoms with Gasteiger partial charge in [-0.25, -0.2) is 0 Å². The summed E-state index contributed by atoms with van der Waals surface area (Å²) >= 11 is 1.45. The smallest absolute Gasteiger partial charge is 0.220 e. The monoisotopic (exact) mass is 301 g/mol. The molecule has 0 bridgehead atoms. The van der Waals surface area contributed by atoms with Crippen LogP contribution in [0, 0.1) is 0 Å². The molecule has 1 amide bonds. The number of Topliss-reactive ketones (excluding diaryl/α,β-unsaturated/α-hetero) is 1. The van der Waals surface area contributed by atoms with Crippen molar-refractivity contribution in [3.63, 3.8) is 0 Å². The number of nitrogens with one attached hydrogen (secondary N) is 1. The molecule has 3 nitrogen and oxygen atoms in total. The molecule has 0 spiro atoms. The highest BCUT2D eigenvalue weighted by Gasteiger charge is 2.11. The molecule has 4 heteroatoms. The van der Waals surface area contributed by atoms with Gasteiger partial charge in [0.15, 0.2) is 5.78 Å². The Hall–Kier alpha value is -1.94. The highest BCUT2D eigenvalue weighted by atomic mass is 32.1. The lowest BCUT2D eigenvalue weighted by atomic mass is 10.1. The Labute approximate surface area is 129 Å². The van der Waals surface area contributed by atoms with Gasteiger partial charge in [-0.3, -0.25) is 9.59 Å². The zero-order valence-electron chi connectivity index (χ0n) is 12.0. The molecule has 0 fully saturated rings. The maximum atomic E-state index is 11.9. The summed E-state index contributed by atoms with van der Waals surface area (Å²) in [6.07, 6.45) is 1.39. The van der Waals surface area contributed by atoms with E-state index in [-0.39, 0.29) is 17.7 Å². The third-order valence-electron chi connectivity index (χ3n) is 3.28. The van der Waals surface area contributed by atoms with Crippen LogP contribution >= 0.6 is 11.3 Å². The van der Waals surface area contributed by atoms with Gasteiger partial charge in [0.2, 0.25) is 5.91 Å². The van der Waals surface area contributed by atoms with E-state index in [9.17, 15) is 9.59 Å². The minimum atomic E-state index is -0.00895. The van der Waals surface area contributed by atoms with Gasteiger partial charge in [-0.15, -0.1) is 11.3 Å². The van der Waals surface area contributed by atoms with E-state index in [2.05, 4.69) is 5.32 Å². The minimum Gasteiger partial charge on any atom is -0.350 e. The molecule has 2 rings (SSSR count). The van der Waals surface area contributed by atoms with Crippen LogP contribution in [0.4, 0.5) is 0 Å². The number of hydrogen-bond donors (Lipinski definition) is 1. The Morgan fingerprint density at radius 2 is 1.86 bits per heavy atom. The average molecular weight is 301 g/mol. The van der Waals surface area contributed by atoms with Crippen LogP contribution < -0.4 is 5.32 Å². The third kappa shape index (κ3) is 4.83. The van der Waals surface area contributed by atoms with E-state index >= 15 is 0 Å². The standard InChI is InChI=1S/C17H19NO2S/c1-13(14-7-3-2-4-8-14)18-17(20)11-5-9-15(19)16-10-6-12-21-16/h2-4,6-8,10,12-13H,5,9,11H2,1H3,(H,18,20). The highest BCUT2D eigenvalue weighted by molar-refractivity contribution is 7.12. The predicted octanol–water partition coefficient (Wildman–Crippen LogP) is 3.98. The van der Waals surface area contributed by atoms with E-state index in [1.807, 2.05) is 54.8 Å². The summed E-state index contributed by atoms with van der Waals surface area (Å²) in [5, 5.41) is 4.85. The van der Waals surface area contributed by atoms with Gasteiger partial charge >= 0.3 is 0 Å². The lowest BCUT2D eigenvalue weighted by Crippen LogP contribution is -2.26. The van der Waals surface area contributed by atoms with Gasteiger partial charge in [-0.05, 0) is 30.4 Å². The van der Waals surface area contributed by atoms with Crippen molar-refractivity contribution >= 4 is 23.0 Å². The Morgan fingerprint density at radius 3 is 2.52 bits per heavy atom. The zero-order valence-corrected chi connectivity index (χ0v) is 12.9. The maximum Gasteiger partial charge on any atom is 0.220 e. The summed E-state index contributed by atoms with van der Waals surface area (Å²) in [6, 6.07) is 13.5. The average Bonchev–Trinajstić information content (AvgIpc) is 3.02. The molecule has 0 radical (unpaired) electrons. The first-order valence-electron chi connectivity index (χ1n) is 7.08. The molecule has 1 atom stereocenters. The molecule has 1 aromatic heterocycles. The van der Waals surface area contributed by atoms with Gasteiger partial charge in [-0.2, -0.15) is 0 Å². The summed E-state index contributed by atoms with van der Waals surface area (Å²) in [5.74, 6) is 0.110. The molecule has 0 saturated carbocycles. The number of hydrogen-bond acceptors (Lipinski definition) is 3. The largest absolute Gasteiger partial charge is 0.350 e. The van der Waals surface area contributed by atoms with E-state index < -0.39 is 0 Å². The first-order valence-corrected chi connectivity index (χ1v) is 7.96. The van der Waals surface area contributed by atoms with Gasteiger partial charge in [0, 0.05) is 12.8 Å². The second kappa shape index (κ2) is 7.74. The summed E-state index contributed by atoms with van der Waals surface area (Å²) in [5.41, 5.74) is 1.08. The van der Waals surface area contributed by atoms with Crippen LogP contribution in [-0.4, -0.2) is 11.7 Å². The van der Waals surface area contributed by atoms with E-state index in [1.165, 1.54) is 11.3 Å². The number of thiophene rings is 1. The molecule has 21 heavy (non-hydrogen) atoms. The first kappa shape index (κ1) is 15.4. The molecule has 0 saturated heterocycles. The van der Waals surface area contributed by atoms with Crippen LogP contribution in [0.25, 0.3) is 0 Å². The Morgan fingerprint density at radius 1 is 1.10 bits per heavy atom. The molecule has 0 aliphatic rings.